The van der Waals surface area contributed by atoms with Crippen LogP contribution < -0.4 is 0 Å². The van der Waals surface area contributed by atoms with Crippen LogP contribution in [0.2, 0.25) is 0 Å². The summed E-state index contributed by atoms with van der Waals surface area (Å²) in [4.78, 5) is 10.6. The SMILES string of the molecule is CC1=C(/C=C/[C@@]2(C)C[C@@H]2/C=C/C(C)=C/C(=O)O)C(C)(C)CCC1. The van der Waals surface area contributed by atoms with Crippen molar-refractivity contribution >= 4 is 5.97 Å². The minimum absolute atomic E-state index is 0.223. The van der Waals surface area contributed by atoms with E-state index in [4.69, 9.17) is 5.11 Å². The minimum Gasteiger partial charge on any atom is -0.478 e. The minimum atomic E-state index is -0.882. The summed E-state index contributed by atoms with van der Waals surface area (Å²) in [6.45, 7) is 11.1. The molecule has 1 saturated carbocycles. The van der Waals surface area contributed by atoms with Gasteiger partial charge >= 0.3 is 5.97 Å². The Morgan fingerprint density at radius 1 is 1.30 bits per heavy atom. The molecule has 2 aliphatic carbocycles. The molecule has 2 aliphatic rings. The summed E-state index contributed by atoms with van der Waals surface area (Å²) in [7, 11) is 0. The van der Waals surface area contributed by atoms with E-state index in [9.17, 15) is 4.79 Å². The highest BCUT2D eigenvalue weighted by molar-refractivity contribution is 5.81. The smallest absolute Gasteiger partial charge is 0.328 e. The van der Waals surface area contributed by atoms with Crippen LogP contribution in [-0.4, -0.2) is 11.1 Å². The second-order valence-corrected chi connectivity index (χ2v) is 8.17. The molecule has 0 aromatic carbocycles. The molecule has 2 heteroatoms. The largest absolute Gasteiger partial charge is 0.478 e. The third-order valence-electron chi connectivity index (χ3n) is 5.46. The van der Waals surface area contributed by atoms with Crippen molar-refractivity contribution in [1.82, 2.24) is 0 Å². The Kier molecular flexibility index (Phi) is 5.03. The Balaban J connectivity index is 2.04. The number of carboxylic acids is 1. The van der Waals surface area contributed by atoms with Crippen molar-refractivity contribution in [3.8, 4) is 0 Å². The second-order valence-electron chi connectivity index (χ2n) is 8.17. The van der Waals surface area contributed by atoms with Gasteiger partial charge in [-0.1, -0.05) is 50.6 Å². The molecule has 0 heterocycles. The van der Waals surface area contributed by atoms with Gasteiger partial charge < -0.3 is 5.11 Å². The van der Waals surface area contributed by atoms with Gasteiger partial charge in [0.2, 0.25) is 0 Å². The summed E-state index contributed by atoms with van der Waals surface area (Å²) in [5.41, 5.74) is 4.36. The topological polar surface area (TPSA) is 37.3 Å². The number of allylic oxidation sites excluding steroid dienone is 7. The summed E-state index contributed by atoms with van der Waals surface area (Å²) in [6.07, 6.45) is 15.0. The van der Waals surface area contributed by atoms with E-state index in [1.54, 1.807) is 0 Å². The van der Waals surface area contributed by atoms with E-state index in [1.807, 2.05) is 13.0 Å². The van der Waals surface area contributed by atoms with Crippen LogP contribution in [0.15, 0.2) is 47.1 Å². The molecule has 1 N–H and O–H groups in total. The summed E-state index contributed by atoms with van der Waals surface area (Å²) in [5, 5.41) is 8.74. The lowest BCUT2D eigenvalue weighted by Crippen LogP contribution is -2.19. The summed E-state index contributed by atoms with van der Waals surface area (Å²) < 4.78 is 0. The molecule has 1 fully saturated rings. The predicted octanol–water partition coefficient (Wildman–Crippen LogP) is 5.68. The van der Waals surface area contributed by atoms with Gasteiger partial charge in [0.1, 0.15) is 0 Å². The van der Waals surface area contributed by atoms with Gasteiger partial charge in [-0.3, -0.25) is 0 Å². The van der Waals surface area contributed by atoms with E-state index >= 15 is 0 Å². The Morgan fingerprint density at radius 3 is 2.61 bits per heavy atom. The lowest BCUT2D eigenvalue weighted by Gasteiger charge is -2.33. The Labute approximate surface area is 140 Å². The molecule has 0 unspecified atom stereocenters. The van der Waals surface area contributed by atoms with E-state index in [0.29, 0.717) is 5.92 Å². The maximum absolute atomic E-state index is 10.6. The molecule has 2 nitrogen and oxygen atoms in total. The van der Waals surface area contributed by atoms with Crippen LogP contribution in [0.3, 0.4) is 0 Å². The van der Waals surface area contributed by atoms with E-state index in [2.05, 4.69) is 45.9 Å². The maximum atomic E-state index is 10.6. The molecular weight excluding hydrogens is 284 g/mol. The van der Waals surface area contributed by atoms with Gasteiger partial charge in [-0.05, 0) is 67.4 Å². The van der Waals surface area contributed by atoms with E-state index in [1.165, 1.54) is 36.5 Å². The highest BCUT2D eigenvalue weighted by Crippen LogP contribution is 2.55. The zero-order valence-electron chi connectivity index (χ0n) is 15.1. The lowest BCUT2D eigenvalue weighted by atomic mass is 9.72. The Hall–Kier alpha value is -1.57. The molecule has 0 spiro atoms. The van der Waals surface area contributed by atoms with Crippen LogP contribution in [-0.2, 0) is 4.79 Å². The first-order chi connectivity index (χ1) is 10.6. The average Bonchev–Trinajstić information content (AvgIpc) is 3.05. The Morgan fingerprint density at radius 2 is 2.00 bits per heavy atom. The molecule has 0 aromatic heterocycles. The van der Waals surface area contributed by atoms with Crippen LogP contribution in [0, 0.1) is 16.7 Å². The van der Waals surface area contributed by atoms with Gasteiger partial charge in [-0.15, -0.1) is 0 Å². The molecule has 0 aromatic rings. The predicted molar refractivity (Wildman–Crippen MR) is 96.2 cm³/mol. The quantitative estimate of drug-likeness (QED) is 0.523. The van der Waals surface area contributed by atoms with Gasteiger partial charge in [0.05, 0.1) is 0 Å². The Bertz CT molecular complexity index is 601. The highest BCUT2D eigenvalue weighted by Gasteiger charge is 2.46. The van der Waals surface area contributed by atoms with Gasteiger partial charge in [0.25, 0.3) is 0 Å². The van der Waals surface area contributed by atoms with Crippen molar-refractivity contribution < 1.29 is 9.90 Å². The fourth-order valence-corrected chi connectivity index (χ4v) is 3.69. The molecule has 0 aliphatic heterocycles. The van der Waals surface area contributed by atoms with E-state index < -0.39 is 5.97 Å². The lowest BCUT2D eigenvalue weighted by molar-refractivity contribution is -0.131. The molecule has 0 radical (unpaired) electrons. The first kappa shape index (κ1) is 17.8. The average molecular weight is 314 g/mol. The van der Waals surface area contributed by atoms with Gasteiger partial charge in [-0.25, -0.2) is 4.79 Å². The third kappa shape index (κ3) is 4.46. The normalized spacial score (nSPS) is 31.2. The standard InChI is InChI=1S/C21H30O2/c1-15(13-19(22)23)8-9-17-14-21(17,5)12-10-18-16(2)7-6-11-20(18,3)4/h8-10,12-13,17H,6-7,11,14H2,1-5H3,(H,22,23)/b9-8+,12-10+,15-13+/t17-,21-/m0/s1. The van der Waals surface area contributed by atoms with Crippen molar-refractivity contribution in [3.05, 3.63) is 47.1 Å². The fraction of sp³-hybridized carbons (Fsp3) is 0.571. The fourth-order valence-electron chi connectivity index (χ4n) is 3.69. The third-order valence-corrected chi connectivity index (χ3v) is 5.46. The number of rotatable bonds is 5. The van der Waals surface area contributed by atoms with E-state index in [-0.39, 0.29) is 10.8 Å². The van der Waals surface area contributed by atoms with Crippen LogP contribution >= 0.6 is 0 Å². The molecular formula is C21H30O2. The molecule has 23 heavy (non-hydrogen) atoms. The second kappa shape index (κ2) is 6.51. The summed E-state index contributed by atoms with van der Waals surface area (Å²) in [6, 6.07) is 0. The molecule has 2 atom stereocenters. The zero-order valence-corrected chi connectivity index (χ0v) is 15.1. The number of hydrogen-bond donors (Lipinski definition) is 1. The van der Waals surface area contributed by atoms with Crippen molar-refractivity contribution in [3.63, 3.8) is 0 Å². The first-order valence-corrected chi connectivity index (χ1v) is 8.63. The molecule has 2 rings (SSSR count). The monoisotopic (exact) mass is 314 g/mol. The molecule has 0 amide bonds. The number of carboxylic acid groups (broad SMARTS) is 1. The van der Waals surface area contributed by atoms with Crippen LogP contribution in [0.1, 0.15) is 60.3 Å². The molecule has 0 saturated heterocycles. The van der Waals surface area contributed by atoms with Crippen LogP contribution in [0.4, 0.5) is 0 Å². The van der Waals surface area contributed by atoms with Gasteiger partial charge in [0, 0.05) is 6.08 Å². The van der Waals surface area contributed by atoms with Crippen molar-refractivity contribution in [2.75, 3.05) is 0 Å². The van der Waals surface area contributed by atoms with Gasteiger partial charge in [0.15, 0.2) is 0 Å². The number of carbonyl (C=O) groups is 1. The summed E-state index contributed by atoms with van der Waals surface area (Å²) >= 11 is 0. The number of hydrogen-bond acceptors (Lipinski definition) is 1. The van der Waals surface area contributed by atoms with Crippen molar-refractivity contribution in [2.24, 2.45) is 16.7 Å². The zero-order chi connectivity index (χ0) is 17.3. The maximum Gasteiger partial charge on any atom is 0.328 e. The molecule has 126 valence electrons. The molecule has 0 bridgehead atoms. The summed E-state index contributed by atoms with van der Waals surface area (Å²) in [5.74, 6) is -0.365. The first-order valence-electron chi connectivity index (χ1n) is 8.63. The van der Waals surface area contributed by atoms with Crippen LogP contribution in [0.5, 0.6) is 0 Å². The number of aliphatic carboxylic acids is 1. The van der Waals surface area contributed by atoms with Crippen molar-refractivity contribution in [1.29, 1.82) is 0 Å². The highest BCUT2D eigenvalue weighted by atomic mass is 16.4. The van der Waals surface area contributed by atoms with Gasteiger partial charge in [-0.2, -0.15) is 0 Å². The van der Waals surface area contributed by atoms with Crippen LogP contribution in [0.25, 0.3) is 0 Å². The van der Waals surface area contributed by atoms with Crippen molar-refractivity contribution in [2.45, 2.75) is 60.3 Å². The van der Waals surface area contributed by atoms with E-state index in [0.717, 1.165) is 12.0 Å².